The first-order valence-electron chi connectivity index (χ1n) is 8.19. The van der Waals surface area contributed by atoms with Gasteiger partial charge in [0, 0.05) is 11.8 Å². The summed E-state index contributed by atoms with van der Waals surface area (Å²) in [7, 11) is 1.66. The van der Waals surface area contributed by atoms with Gasteiger partial charge in [-0.3, -0.25) is 4.40 Å². The molecule has 2 aromatic heterocycles. The second-order valence-electron chi connectivity index (χ2n) is 6.00. The second kappa shape index (κ2) is 6.32. The van der Waals surface area contributed by atoms with Crippen LogP contribution in [0.3, 0.4) is 0 Å². The molecule has 0 saturated heterocycles. The molecular weight excluding hydrogens is 310 g/mol. The minimum atomic E-state index is 0.530. The van der Waals surface area contributed by atoms with Crippen molar-refractivity contribution >= 4 is 11.5 Å². The molecule has 0 aliphatic heterocycles. The summed E-state index contributed by atoms with van der Waals surface area (Å²) in [4.78, 5) is 4.49. The highest BCUT2D eigenvalue weighted by Crippen LogP contribution is 2.29. The number of fused-ring (bicyclic) bond motifs is 1. The van der Waals surface area contributed by atoms with Gasteiger partial charge in [0.1, 0.15) is 11.4 Å². The summed E-state index contributed by atoms with van der Waals surface area (Å²) in [5.74, 6) is 1.35. The molecule has 0 saturated carbocycles. The number of nitrogen functional groups attached to an aromatic ring is 1. The number of ether oxygens (including phenoxy) is 1. The SMILES string of the molecule is COc1ccc(-c2c(N)nc3ccc(Cc4ccccc4)cn23)cc1. The van der Waals surface area contributed by atoms with Gasteiger partial charge in [-0.25, -0.2) is 4.98 Å². The fraction of sp³-hybridized carbons (Fsp3) is 0.0952. The molecule has 0 aliphatic rings. The molecular formula is C21H19N3O. The summed E-state index contributed by atoms with van der Waals surface area (Å²) in [6, 6.07) is 22.4. The minimum absolute atomic E-state index is 0.530. The van der Waals surface area contributed by atoms with Crippen molar-refractivity contribution in [2.45, 2.75) is 6.42 Å². The summed E-state index contributed by atoms with van der Waals surface area (Å²) < 4.78 is 7.30. The molecule has 4 aromatic rings. The van der Waals surface area contributed by atoms with Crippen molar-refractivity contribution < 1.29 is 4.74 Å². The molecule has 4 rings (SSSR count). The van der Waals surface area contributed by atoms with Gasteiger partial charge in [-0.1, -0.05) is 36.4 Å². The first-order valence-corrected chi connectivity index (χ1v) is 8.19. The van der Waals surface area contributed by atoms with E-state index in [1.54, 1.807) is 7.11 Å². The number of imidazole rings is 1. The van der Waals surface area contributed by atoms with Crippen LogP contribution in [-0.4, -0.2) is 16.5 Å². The van der Waals surface area contributed by atoms with Gasteiger partial charge in [0.05, 0.1) is 12.8 Å². The molecule has 0 aliphatic carbocycles. The first kappa shape index (κ1) is 15.3. The van der Waals surface area contributed by atoms with Gasteiger partial charge >= 0.3 is 0 Å². The number of nitrogens with two attached hydrogens (primary N) is 1. The van der Waals surface area contributed by atoms with Crippen molar-refractivity contribution in [1.29, 1.82) is 0 Å². The van der Waals surface area contributed by atoms with E-state index in [0.29, 0.717) is 5.82 Å². The van der Waals surface area contributed by atoms with Crippen molar-refractivity contribution in [2.75, 3.05) is 12.8 Å². The van der Waals surface area contributed by atoms with E-state index in [0.717, 1.165) is 29.1 Å². The van der Waals surface area contributed by atoms with Gasteiger partial charge in [-0.15, -0.1) is 0 Å². The zero-order valence-corrected chi connectivity index (χ0v) is 14.0. The lowest BCUT2D eigenvalue weighted by Gasteiger charge is -2.07. The molecule has 124 valence electrons. The van der Waals surface area contributed by atoms with E-state index in [2.05, 4.69) is 45.9 Å². The number of rotatable bonds is 4. The Bertz CT molecular complexity index is 1000. The van der Waals surface area contributed by atoms with E-state index >= 15 is 0 Å². The van der Waals surface area contributed by atoms with Crippen molar-refractivity contribution in [3.63, 3.8) is 0 Å². The normalized spacial score (nSPS) is 10.9. The number of hydrogen-bond donors (Lipinski definition) is 1. The second-order valence-corrected chi connectivity index (χ2v) is 6.00. The zero-order chi connectivity index (χ0) is 17.2. The molecule has 0 bridgehead atoms. The molecule has 25 heavy (non-hydrogen) atoms. The molecule has 4 heteroatoms. The predicted molar refractivity (Wildman–Crippen MR) is 101 cm³/mol. The molecule has 2 aromatic carbocycles. The minimum Gasteiger partial charge on any atom is -0.497 e. The number of pyridine rings is 1. The zero-order valence-electron chi connectivity index (χ0n) is 14.0. The Kier molecular flexibility index (Phi) is 3.86. The van der Waals surface area contributed by atoms with Crippen LogP contribution in [0.2, 0.25) is 0 Å². The summed E-state index contributed by atoms with van der Waals surface area (Å²) in [6.07, 6.45) is 2.99. The van der Waals surface area contributed by atoms with E-state index < -0.39 is 0 Å². The average molecular weight is 329 g/mol. The van der Waals surface area contributed by atoms with Gasteiger partial charge in [-0.2, -0.15) is 0 Å². The molecule has 2 N–H and O–H groups in total. The summed E-state index contributed by atoms with van der Waals surface area (Å²) >= 11 is 0. The standard InChI is InChI=1S/C21H19N3O/c1-25-18-10-8-17(9-11-18)20-21(22)23-19-12-7-16(14-24(19)20)13-15-5-3-2-4-6-15/h2-12,14H,13,22H2,1H3. The van der Waals surface area contributed by atoms with Crippen LogP contribution < -0.4 is 10.5 Å². The molecule has 0 unspecified atom stereocenters. The molecule has 0 atom stereocenters. The van der Waals surface area contributed by atoms with Crippen molar-refractivity contribution in [2.24, 2.45) is 0 Å². The van der Waals surface area contributed by atoms with E-state index in [-0.39, 0.29) is 0 Å². The maximum Gasteiger partial charge on any atom is 0.150 e. The third-order valence-corrected chi connectivity index (χ3v) is 4.32. The molecule has 0 fully saturated rings. The highest BCUT2D eigenvalue weighted by Gasteiger charge is 2.12. The van der Waals surface area contributed by atoms with Crippen LogP contribution in [0.25, 0.3) is 16.9 Å². The Morgan fingerprint density at radius 2 is 1.68 bits per heavy atom. The number of aromatic nitrogens is 2. The van der Waals surface area contributed by atoms with Crippen LogP contribution >= 0.6 is 0 Å². The topological polar surface area (TPSA) is 52.5 Å². The highest BCUT2D eigenvalue weighted by atomic mass is 16.5. The Morgan fingerprint density at radius 1 is 0.920 bits per heavy atom. The van der Waals surface area contributed by atoms with E-state index in [1.807, 2.05) is 36.4 Å². The summed E-state index contributed by atoms with van der Waals surface area (Å²) in [6.45, 7) is 0. The fourth-order valence-corrected chi connectivity index (χ4v) is 3.08. The van der Waals surface area contributed by atoms with E-state index in [4.69, 9.17) is 10.5 Å². The summed E-state index contributed by atoms with van der Waals surface area (Å²) in [5, 5.41) is 0. The maximum absolute atomic E-state index is 6.20. The van der Waals surface area contributed by atoms with Crippen molar-refractivity contribution in [3.05, 3.63) is 84.1 Å². The van der Waals surface area contributed by atoms with Crippen molar-refractivity contribution in [3.8, 4) is 17.0 Å². The predicted octanol–water partition coefficient (Wildman–Crippen LogP) is 4.18. The van der Waals surface area contributed by atoms with Crippen LogP contribution in [0.4, 0.5) is 5.82 Å². The molecule has 0 spiro atoms. The first-order chi connectivity index (χ1) is 12.2. The van der Waals surface area contributed by atoms with Gasteiger partial charge in [-0.05, 0) is 47.9 Å². The summed E-state index contributed by atoms with van der Waals surface area (Å²) in [5.41, 5.74) is 11.5. The number of anilines is 1. The smallest absolute Gasteiger partial charge is 0.150 e. The van der Waals surface area contributed by atoms with Gasteiger partial charge in [0.15, 0.2) is 5.82 Å². The number of hydrogen-bond acceptors (Lipinski definition) is 3. The highest BCUT2D eigenvalue weighted by molar-refractivity contribution is 5.75. The van der Waals surface area contributed by atoms with Gasteiger partial charge in [0.2, 0.25) is 0 Å². The number of benzene rings is 2. The van der Waals surface area contributed by atoms with Gasteiger partial charge < -0.3 is 10.5 Å². The molecule has 0 radical (unpaired) electrons. The number of methoxy groups -OCH3 is 1. The van der Waals surface area contributed by atoms with Crippen LogP contribution in [0.5, 0.6) is 5.75 Å². The maximum atomic E-state index is 6.20. The monoisotopic (exact) mass is 329 g/mol. The quantitative estimate of drug-likeness (QED) is 0.611. The van der Waals surface area contributed by atoms with Crippen LogP contribution in [0, 0.1) is 0 Å². The average Bonchev–Trinajstić information content (AvgIpc) is 2.98. The van der Waals surface area contributed by atoms with Crippen LogP contribution in [0.1, 0.15) is 11.1 Å². The number of nitrogens with zero attached hydrogens (tertiary/aromatic N) is 2. The molecule has 4 nitrogen and oxygen atoms in total. The van der Waals surface area contributed by atoms with Gasteiger partial charge in [0.25, 0.3) is 0 Å². The lowest BCUT2D eigenvalue weighted by Crippen LogP contribution is -1.95. The Hall–Kier alpha value is -3.27. The Balaban J connectivity index is 1.78. The fourth-order valence-electron chi connectivity index (χ4n) is 3.08. The third-order valence-electron chi connectivity index (χ3n) is 4.32. The molecule has 2 heterocycles. The lowest BCUT2D eigenvalue weighted by atomic mass is 10.1. The van der Waals surface area contributed by atoms with Crippen molar-refractivity contribution in [1.82, 2.24) is 9.38 Å². The van der Waals surface area contributed by atoms with E-state index in [1.165, 1.54) is 11.1 Å². The lowest BCUT2D eigenvalue weighted by molar-refractivity contribution is 0.415. The van der Waals surface area contributed by atoms with Crippen LogP contribution in [0.15, 0.2) is 72.9 Å². The van der Waals surface area contributed by atoms with Crippen LogP contribution in [-0.2, 0) is 6.42 Å². The Morgan fingerprint density at radius 3 is 2.40 bits per heavy atom. The van der Waals surface area contributed by atoms with E-state index in [9.17, 15) is 0 Å². The molecule has 0 amide bonds. The largest absolute Gasteiger partial charge is 0.497 e. The third kappa shape index (κ3) is 2.94. The Labute approximate surface area is 146 Å².